The Balaban J connectivity index is 1.36. The van der Waals surface area contributed by atoms with E-state index in [0.29, 0.717) is 19.1 Å². The highest BCUT2D eigenvalue weighted by Gasteiger charge is 2.39. The highest BCUT2D eigenvalue weighted by molar-refractivity contribution is 5.80. The normalized spacial score (nSPS) is 39.9. The number of hydrogen-bond donors (Lipinski definition) is 2. The summed E-state index contributed by atoms with van der Waals surface area (Å²) in [5.74, 6) is 0.271. The quantitative estimate of drug-likeness (QED) is 0.618. The molecule has 5 rings (SSSR count). The molecule has 0 aromatic heterocycles. The second-order valence-electron chi connectivity index (χ2n) is 10.0. The number of rotatable bonds is 1. The Morgan fingerprint density at radius 3 is 2.94 bits per heavy atom. The molecule has 0 aromatic rings. The largest absolute Gasteiger partial charge is 0.368 e. The van der Waals surface area contributed by atoms with Crippen molar-refractivity contribution in [2.24, 2.45) is 11.7 Å². The standard InChI is InChI=1S/C27H38N4O3/c28-27(32)24-16-23-18-30(24)14-12-29-19-33-25-11-6-10-20(25)7-2-1-5-13-31-17-22-9-4-3-8-21(22)15-26(31)34-23/h1-5,7,9,13,21,23-26,29H,6,8,10-12,14-19H2,(H2,28,32)/b2-1-,13-5-,20-7-. The SMILES string of the molecule is NC(=O)C1CC2CN1CCNCOC1CCC/C1=C/C=C\C=C/N1CC3=CC=CCC3CC1O2. The maximum atomic E-state index is 12.2. The van der Waals surface area contributed by atoms with E-state index in [1.165, 1.54) is 17.6 Å². The van der Waals surface area contributed by atoms with Crippen molar-refractivity contribution in [3.05, 3.63) is 59.9 Å². The van der Waals surface area contributed by atoms with E-state index in [2.05, 4.69) is 63.8 Å². The van der Waals surface area contributed by atoms with Crippen LogP contribution in [0, 0.1) is 5.92 Å². The average Bonchev–Trinajstić information content (AvgIpc) is 3.45. The van der Waals surface area contributed by atoms with Gasteiger partial charge in [-0.3, -0.25) is 15.0 Å². The number of ether oxygens (including phenoxy) is 2. The zero-order valence-corrected chi connectivity index (χ0v) is 20.0. The zero-order valence-electron chi connectivity index (χ0n) is 20.0. The molecule has 2 saturated heterocycles. The van der Waals surface area contributed by atoms with Gasteiger partial charge in [0, 0.05) is 32.4 Å². The van der Waals surface area contributed by atoms with Crippen molar-refractivity contribution in [1.82, 2.24) is 15.1 Å². The maximum Gasteiger partial charge on any atom is 0.234 e. The highest BCUT2D eigenvalue weighted by Crippen LogP contribution is 2.35. The number of nitrogens with two attached hydrogens (primary N) is 1. The Bertz CT molecular complexity index is 892. The molecule has 1 saturated carbocycles. The number of allylic oxidation sites excluding steroid dienone is 7. The number of carbonyl (C=O) groups excluding carboxylic acids is 1. The van der Waals surface area contributed by atoms with Crippen LogP contribution in [0.2, 0.25) is 0 Å². The Hall–Kier alpha value is -2.19. The van der Waals surface area contributed by atoms with Crippen molar-refractivity contribution < 1.29 is 14.3 Å². The minimum absolute atomic E-state index is 0.000229. The molecule has 7 heteroatoms. The third-order valence-corrected chi connectivity index (χ3v) is 7.77. The lowest BCUT2D eigenvalue weighted by molar-refractivity contribution is -0.122. The van der Waals surface area contributed by atoms with Gasteiger partial charge in [-0.05, 0) is 61.7 Å². The molecule has 6 unspecified atom stereocenters. The zero-order chi connectivity index (χ0) is 23.3. The van der Waals surface area contributed by atoms with Gasteiger partial charge in [-0.25, -0.2) is 0 Å². The molecule has 3 fully saturated rings. The first kappa shape index (κ1) is 23.5. The molecule has 0 aromatic carbocycles. The molecule has 2 bridgehead atoms. The summed E-state index contributed by atoms with van der Waals surface area (Å²) in [7, 11) is 0. The number of carbonyl (C=O) groups is 1. The van der Waals surface area contributed by atoms with Crippen LogP contribution in [0.15, 0.2) is 59.9 Å². The topological polar surface area (TPSA) is 80.1 Å². The Kier molecular flexibility index (Phi) is 7.64. The van der Waals surface area contributed by atoms with Gasteiger partial charge >= 0.3 is 0 Å². The molecule has 5 aliphatic rings. The Morgan fingerprint density at radius 1 is 1.12 bits per heavy atom. The van der Waals surface area contributed by atoms with Crippen LogP contribution >= 0.6 is 0 Å². The smallest absolute Gasteiger partial charge is 0.234 e. The van der Waals surface area contributed by atoms with Crippen LogP contribution in [0.5, 0.6) is 0 Å². The molecule has 184 valence electrons. The number of primary amides is 1. The minimum Gasteiger partial charge on any atom is -0.368 e. The van der Waals surface area contributed by atoms with Crippen molar-refractivity contribution >= 4 is 5.91 Å². The van der Waals surface area contributed by atoms with E-state index in [4.69, 9.17) is 15.2 Å². The second kappa shape index (κ2) is 11.0. The molecule has 3 heterocycles. The summed E-state index contributed by atoms with van der Waals surface area (Å²) < 4.78 is 12.8. The molecule has 0 radical (unpaired) electrons. The van der Waals surface area contributed by atoms with Crippen molar-refractivity contribution in [3.8, 4) is 0 Å². The van der Waals surface area contributed by atoms with Crippen LogP contribution in [0.4, 0.5) is 0 Å². The van der Waals surface area contributed by atoms with Gasteiger partial charge in [0.1, 0.15) is 6.23 Å². The Morgan fingerprint density at radius 2 is 2.03 bits per heavy atom. The summed E-state index contributed by atoms with van der Waals surface area (Å²) in [6.07, 6.45) is 23.6. The van der Waals surface area contributed by atoms with Crippen LogP contribution in [0.3, 0.4) is 0 Å². The molecule has 2 aliphatic carbocycles. The summed E-state index contributed by atoms with van der Waals surface area (Å²) in [5.41, 5.74) is 8.61. The molecule has 3 N–H and O–H groups in total. The molecule has 0 spiro atoms. The highest BCUT2D eigenvalue weighted by atomic mass is 16.5. The van der Waals surface area contributed by atoms with Gasteiger partial charge in [-0.2, -0.15) is 0 Å². The molecular weight excluding hydrogens is 428 g/mol. The van der Waals surface area contributed by atoms with Crippen LogP contribution in [0.1, 0.15) is 38.5 Å². The fourth-order valence-corrected chi connectivity index (χ4v) is 5.93. The van der Waals surface area contributed by atoms with E-state index in [9.17, 15) is 4.79 Å². The number of nitrogens with zero attached hydrogens (tertiary/aromatic N) is 2. The first-order valence-electron chi connectivity index (χ1n) is 12.8. The molecular formula is C27H38N4O3. The van der Waals surface area contributed by atoms with Crippen LogP contribution < -0.4 is 11.1 Å². The molecule has 34 heavy (non-hydrogen) atoms. The Labute approximate surface area is 203 Å². The molecule has 3 aliphatic heterocycles. The van der Waals surface area contributed by atoms with Crippen molar-refractivity contribution in [1.29, 1.82) is 0 Å². The van der Waals surface area contributed by atoms with Gasteiger partial charge in [0.25, 0.3) is 0 Å². The van der Waals surface area contributed by atoms with Crippen molar-refractivity contribution in [2.75, 3.05) is 32.9 Å². The van der Waals surface area contributed by atoms with E-state index in [1.807, 2.05) is 0 Å². The monoisotopic (exact) mass is 466 g/mol. The van der Waals surface area contributed by atoms with Gasteiger partial charge in [0.15, 0.2) is 0 Å². The lowest BCUT2D eigenvalue weighted by Crippen LogP contribution is -2.45. The van der Waals surface area contributed by atoms with Gasteiger partial charge in [0.2, 0.25) is 5.91 Å². The fourth-order valence-electron chi connectivity index (χ4n) is 5.93. The van der Waals surface area contributed by atoms with E-state index >= 15 is 0 Å². The number of piperidine rings is 1. The van der Waals surface area contributed by atoms with Gasteiger partial charge < -0.3 is 20.1 Å². The van der Waals surface area contributed by atoms with Crippen molar-refractivity contribution in [2.45, 2.75) is 63.0 Å². The number of hydrogen-bond acceptors (Lipinski definition) is 6. The van der Waals surface area contributed by atoms with Crippen molar-refractivity contribution in [3.63, 3.8) is 0 Å². The van der Waals surface area contributed by atoms with Crippen LogP contribution in [0.25, 0.3) is 0 Å². The number of fused-ring (bicyclic) bond motifs is 5. The third kappa shape index (κ3) is 5.54. The maximum absolute atomic E-state index is 12.2. The predicted octanol–water partition coefficient (Wildman–Crippen LogP) is 2.59. The summed E-state index contributed by atoms with van der Waals surface area (Å²) in [4.78, 5) is 16.7. The van der Waals surface area contributed by atoms with Crippen LogP contribution in [-0.4, -0.2) is 73.1 Å². The third-order valence-electron chi connectivity index (χ3n) is 7.77. The lowest BCUT2D eigenvalue weighted by Gasteiger charge is -2.42. The van der Waals surface area contributed by atoms with E-state index in [-0.39, 0.29) is 30.4 Å². The first-order chi connectivity index (χ1) is 16.7. The summed E-state index contributed by atoms with van der Waals surface area (Å²) in [6, 6.07) is -0.275. The minimum atomic E-state index is -0.275. The fraction of sp³-hybridized carbons (Fsp3) is 0.593. The lowest BCUT2D eigenvalue weighted by atomic mass is 9.84. The molecule has 1 amide bonds. The van der Waals surface area contributed by atoms with E-state index in [0.717, 1.165) is 51.9 Å². The van der Waals surface area contributed by atoms with Gasteiger partial charge in [-0.1, -0.05) is 36.5 Å². The second-order valence-corrected chi connectivity index (χ2v) is 10.0. The molecule has 7 nitrogen and oxygen atoms in total. The van der Waals surface area contributed by atoms with E-state index in [1.54, 1.807) is 0 Å². The average molecular weight is 467 g/mol. The van der Waals surface area contributed by atoms with Crippen LogP contribution in [-0.2, 0) is 14.3 Å². The number of amides is 1. The van der Waals surface area contributed by atoms with Gasteiger partial charge in [-0.15, -0.1) is 0 Å². The van der Waals surface area contributed by atoms with Gasteiger partial charge in [0.05, 0.1) is 25.0 Å². The first-order valence-corrected chi connectivity index (χ1v) is 12.8. The van der Waals surface area contributed by atoms with E-state index < -0.39 is 0 Å². The summed E-state index contributed by atoms with van der Waals surface area (Å²) in [6.45, 7) is 3.63. The predicted molar refractivity (Wildman–Crippen MR) is 132 cm³/mol. The summed E-state index contributed by atoms with van der Waals surface area (Å²) in [5, 5.41) is 3.39. The summed E-state index contributed by atoms with van der Waals surface area (Å²) >= 11 is 0. The molecule has 6 atom stereocenters. The number of nitrogens with one attached hydrogen (secondary N) is 1.